The fraction of sp³-hybridized carbons (Fsp3) is 0.462. The maximum atomic E-state index is 12.1. The summed E-state index contributed by atoms with van der Waals surface area (Å²) in [4.78, 5) is 14.0. The van der Waals surface area contributed by atoms with Crippen LogP contribution < -0.4 is 0 Å². The van der Waals surface area contributed by atoms with Gasteiger partial charge in [0.15, 0.2) is 0 Å². The highest BCUT2D eigenvalue weighted by Crippen LogP contribution is 2.55. The van der Waals surface area contributed by atoms with E-state index in [1.165, 1.54) is 5.56 Å². The summed E-state index contributed by atoms with van der Waals surface area (Å²) in [6.07, 6.45) is 1.12. The highest BCUT2D eigenvalue weighted by molar-refractivity contribution is 5.85. The summed E-state index contributed by atoms with van der Waals surface area (Å²) in [5, 5.41) is 0. The van der Waals surface area contributed by atoms with Crippen molar-refractivity contribution in [2.45, 2.75) is 18.7 Å². The lowest BCUT2D eigenvalue weighted by Crippen LogP contribution is -2.34. The Morgan fingerprint density at radius 2 is 2.06 bits per heavy atom. The third kappa shape index (κ3) is 0.990. The molecule has 0 bridgehead atoms. The Balaban J connectivity index is 1.70. The lowest BCUT2D eigenvalue weighted by atomic mass is 10.1. The molecule has 1 aromatic carbocycles. The van der Waals surface area contributed by atoms with Gasteiger partial charge in [-0.05, 0) is 12.0 Å². The summed E-state index contributed by atoms with van der Waals surface area (Å²) >= 11 is 0. The van der Waals surface area contributed by atoms with Crippen LogP contribution >= 0.6 is 0 Å². The van der Waals surface area contributed by atoms with E-state index in [0.717, 1.165) is 6.42 Å². The van der Waals surface area contributed by atoms with Crippen molar-refractivity contribution < 1.29 is 9.53 Å². The number of amides is 1. The normalized spacial score (nSPS) is 39.8. The molecule has 0 spiro atoms. The molecule has 0 unspecified atom stereocenters. The maximum absolute atomic E-state index is 12.1. The van der Waals surface area contributed by atoms with E-state index in [4.69, 9.17) is 4.74 Å². The fourth-order valence-corrected chi connectivity index (χ4v) is 3.07. The first kappa shape index (κ1) is 8.76. The Labute approximate surface area is 94.0 Å². The van der Waals surface area contributed by atoms with Crippen LogP contribution in [0.1, 0.15) is 18.0 Å². The molecule has 2 aliphatic heterocycles. The Bertz CT molecular complexity index is 445. The molecule has 1 aromatic rings. The minimum Gasteiger partial charge on any atom is -0.355 e. The van der Waals surface area contributed by atoms with E-state index >= 15 is 0 Å². The molecule has 3 fully saturated rings. The smallest absolute Gasteiger partial charge is 0.228 e. The molecule has 3 heteroatoms. The molecule has 1 aliphatic carbocycles. The van der Waals surface area contributed by atoms with Crippen molar-refractivity contribution in [2.24, 2.45) is 11.8 Å². The third-order valence-electron chi connectivity index (χ3n) is 4.00. The van der Waals surface area contributed by atoms with Crippen LogP contribution in [0, 0.1) is 11.8 Å². The lowest BCUT2D eigenvalue weighted by molar-refractivity contribution is -0.134. The standard InChI is InChI=1S/C13H13NO2/c15-12-9-6-10(9)13-14(12)11(7-16-13)8-4-2-1-3-5-8/h1-5,9-11,13H,6-7H2/t9-,10+,11-,13-/m0/s1. The minimum atomic E-state index is 0.0720. The molecule has 0 aromatic heterocycles. The molecule has 82 valence electrons. The quantitative estimate of drug-likeness (QED) is 0.711. The monoisotopic (exact) mass is 215 g/mol. The Kier molecular flexibility index (Phi) is 1.56. The number of carbonyl (C=O) groups is 1. The number of benzene rings is 1. The predicted molar refractivity (Wildman–Crippen MR) is 57.4 cm³/mol. The van der Waals surface area contributed by atoms with Gasteiger partial charge in [-0.15, -0.1) is 0 Å². The van der Waals surface area contributed by atoms with Gasteiger partial charge in [-0.2, -0.15) is 0 Å². The van der Waals surface area contributed by atoms with Crippen molar-refractivity contribution in [3.8, 4) is 0 Å². The maximum Gasteiger partial charge on any atom is 0.228 e. The molecule has 2 saturated heterocycles. The molecule has 3 aliphatic rings. The van der Waals surface area contributed by atoms with E-state index in [-0.39, 0.29) is 18.2 Å². The van der Waals surface area contributed by atoms with Gasteiger partial charge >= 0.3 is 0 Å². The van der Waals surface area contributed by atoms with Gasteiger partial charge in [-0.3, -0.25) is 4.79 Å². The van der Waals surface area contributed by atoms with Crippen molar-refractivity contribution in [1.82, 2.24) is 4.90 Å². The number of carbonyl (C=O) groups excluding carboxylic acids is 1. The Hall–Kier alpha value is -1.35. The minimum absolute atomic E-state index is 0.0720. The van der Waals surface area contributed by atoms with Crippen LogP contribution in [0.2, 0.25) is 0 Å². The summed E-state index contributed by atoms with van der Waals surface area (Å²) in [6, 6.07) is 10.3. The van der Waals surface area contributed by atoms with Gasteiger partial charge in [0, 0.05) is 11.8 Å². The van der Waals surface area contributed by atoms with Gasteiger partial charge in [0.1, 0.15) is 6.23 Å². The molecule has 2 heterocycles. The van der Waals surface area contributed by atoms with E-state index in [1.54, 1.807) is 0 Å². The van der Waals surface area contributed by atoms with E-state index < -0.39 is 0 Å². The fourth-order valence-electron chi connectivity index (χ4n) is 3.07. The van der Waals surface area contributed by atoms with Gasteiger partial charge in [0.05, 0.1) is 12.6 Å². The van der Waals surface area contributed by atoms with Gasteiger partial charge in [-0.25, -0.2) is 0 Å². The summed E-state index contributed by atoms with van der Waals surface area (Å²) < 4.78 is 5.77. The van der Waals surface area contributed by atoms with Crippen molar-refractivity contribution in [3.05, 3.63) is 35.9 Å². The number of nitrogens with zero attached hydrogens (tertiary/aromatic N) is 1. The second-order valence-electron chi connectivity index (χ2n) is 4.90. The molecule has 4 atom stereocenters. The summed E-state index contributed by atoms with van der Waals surface area (Å²) in [7, 11) is 0. The van der Waals surface area contributed by atoms with Crippen LogP contribution in [0.15, 0.2) is 30.3 Å². The molecule has 4 rings (SSSR count). The third-order valence-corrected chi connectivity index (χ3v) is 4.00. The number of fused-ring (bicyclic) bond motifs is 3. The number of rotatable bonds is 1. The Morgan fingerprint density at radius 1 is 1.25 bits per heavy atom. The second kappa shape index (κ2) is 2.86. The molecular weight excluding hydrogens is 202 g/mol. The van der Waals surface area contributed by atoms with Crippen LogP contribution in [-0.4, -0.2) is 23.6 Å². The number of ether oxygens (including phenoxy) is 1. The molecule has 0 N–H and O–H groups in total. The van der Waals surface area contributed by atoms with E-state index in [2.05, 4.69) is 12.1 Å². The number of piperidine rings is 1. The van der Waals surface area contributed by atoms with Crippen molar-refractivity contribution in [3.63, 3.8) is 0 Å². The van der Waals surface area contributed by atoms with E-state index in [1.807, 2.05) is 23.1 Å². The highest BCUT2D eigenvalue weighted by atomic mass is 16.5. The summed E-state index contributed by atoms with van der Waals surface area (Å²) in [5.41, 5.74) is 1.19. The number of hydrogen-bond donors (Lipinski definition) is 0. The van der Waals surface area contributed by atoms with Crippen LogP contribution in [0.4, 0.5) is 0 Å². The first-order chi connectivity index (χ1) is 7.86. The van der Waals surface area contributed by atoms with Gasteiger partial charge in [-0.1, -0.05) is 30.3 Å². The highest BCUT2D eigenvalue weighted by Gasteiger charge is 2.63. The second-order valence-corrected chi connectivity index (χ2v) is 4.90. The molecule has 16 heavy (non-hydrogen) atoms. The largest absolute Gasteiger partial charge is 0.355 e. The average Bonchev–Trinajstić information content (AvgIpc) is 2.92. The molecule has 3 nitrogen and oxygen atoms in total. The first-order valence-electron chi connectivity index (χ1n) is 5.85. The first-order valence-corrected chi connectivity index (χ1v) is 5.85. The van der Waals surface area contributed by atoms with Crippen molar-refractivity contribution in [2.75, 3.05) is 6.61 Å². The van der Waals surface area contributed by atoms with Crippen LogP contribution in [0.5, 0.6) is 0 Å². The van der Waals surface area contributed by atoms with E-state index in [9.17, 15) is 4.79 Å². The van der Waals surface area contributed by atoms with Crippen LogP contribution in [0.25, 0.3) is 0 Å². The van der Waals surface area contributed by atoms with E-state index in [0.29, 0.717) is 18.4 Å². The van der Waals surface area contributed by atoms with Gasteiger partial charge < -0.3 is 9.64 Å². The van der Waals surface area contributed by atoms with Crippen LogP contribution in [0.3, 0.4) is 0 Å². The summed E-state index contributed by atoms with van der Waals surface area (Å²) in [5.74, 6) is 1.07. The lowest BCUT2D eigenvalue weighted by Gasteiger charge is -2.24. The zero-order valence-corrected chi connectivity index (χ0v) is 8.87. The molecule has 1 saturated carbocycles. The van der Waals surface area contributed by atoms with Crippen LogP contribution in [-0.2, 0) is 9.53 Å². The summed E-state index contributed by atoms with van der Waals surface area (Å²) in [6.45, 7) is 0.656. The van der Waals surface area contributed by atoms with Crippen molar-refractivity contribution in [1.29, 1.82) is 0 Å². The predicted octanol–water partition coefficient (Wildman–Crippen LogP) is 1.56. The molecule has 1 amide bonds. The zero-order chi connectivity index (χ0) is 10.7. The zero-order valence-electron chi connectivity index (χ0n) is 8.87. The number of hydrogen-bond acceptors (Lipinski definition) is 2. The Morgan fingerprint density at radius 3 is 2.88 bits per heavy atom. The topological polar surface area (TPSA) is 29.5 Å². The molecular formula is C13H13NO2. The van der Waals surface area contributed by atoms with Crippen molar-refractivity contribution >= 4 is 5.91 Å². The molecule has 0 radical (unpaired) electrons. The van der Waals surface area contributed by atoms with Gasteiger partial charge in [0.2, 0.25) is 5.91 Å². The SMILES string of the molecule is O=C1[C@H]2C[C@H]2[C@@H]2OC[C@@H](c3ccccc3)N12. The average molecular weight is 215 g/mol. The van der Waals surface area contributed by atoms with Gasteiger partial charge in [0.25, 0.3) is 0 Å².